The fourth-order valence-electron chi connectivity index (χ4n) is 2.88. The van der Waals surface area contributed by atoms with Crippen LogP contribution in [-0.2, 0) is 14.1 Å². The number of benzene rings is 1. The first-order chi connectivity index (χ1) is 15.1. The van der Waals surface area contributed by atoms with E-state index in [1.54, 1.807) is 12.2 Å². The lowest BCUT2D eigenvalue weighted by atomic mass is 10.1. The highest BCUT2D eigenvalue weighted by atomic mass is 127. The van der Waals surface area contributed by atoms with Gasteiger partial charge in [0.2, 0.25) is 13.1 Å². The zero-order valence-electron chi connectivity index (χ0n) is 17.1. The Morgan fingerprint density at radius 3 is 1.94 bits per heavy atom. The largest absolute Gasteiger partial charge is 1.00 e. The molecule has 0 aliphatic heterocycles. The van der Waals surface area contributed by atoms with Crippen molar-refractivity contribution >= 4 is 92.7 Å². The van der Waals surface area contributed by atoms with E-state index in [4.69, 9.17) is 69.6 Å². The standard InChI is InChI=1S/C22H17Cl6N4.HI/c1-2-32-14-13-15(16-10-7-8-11-17(16)32)9-5-3-4-6-12-18-29-19(21(23,24)25)31-20(30-18)22(26,27)28;/h3-14H,2H2,1H3;1H/q+1;/p-1/b4-3+,9-5+,12-6+;. The van der Waals surface area contributed by atoms with Crippen molar-refractivity contribution < 1.29 is 28.5 Å². The van der Waals surface area contributed by atoms with Crippen LogP contribution in [0.5, 0.6) is 0 Å². The SMILES string of the molecule is CC[n+]1ccc(/C=C/C=C/C=C/c2nc(C(Cl)(Cl)Cl)nc(C(Cl)(Cl)Cl)n2)c2ccccc21.[I-]. The fraction of sp³-hybridized carbons (Fsp3) is 0.182. The molecule has 0 aliphatic rings. The van der Waals surface area contributed by atoms with E-state index in [0.29, 0.717) is 0 Å². The van der Waals surface area contributed by atoms with Gasteiger partial charge in [0, 0.05) is 12.1 Å². The topological polar surface area (TPSA) is 42.5 Å². The summed E-state index contributed by atoms with van der Waals surface area (Å²) in [4.78, 5) is 12.1. The van der Waals surface area contributed by atoms with Crippen LogP contribution in [0.15, 0.2) is 60.8 Å². The van der Waals surface area contributed by atoms with Crippen molar-refractivity contribution in [3.05, 3.63) is 83.9 Å². The Kier molecular flexibility index (Phi) is 10.7. The van der Waals surface area contributed by atoms with Crippen LogP contribution in [0.2, 0.25) is 0 Å². The van der Waals surface area contributed by atoms with Crippen LogP contribution in [-0.4, -0.2) is 15.0 Å². The van der Waals surface area contributed by atoms with E-state index in [-0.39, 0.29) is 41.4 Å². The molecule has 0 fully saturated rings. The first-order valence-corrected chi connectivity index (χ1v) is 11.7. The summed E-state index contributed by atoms with van der Waals surface area (Å²) in [5, 5.41) is 1.18. The number of aryl methyl sites for hydroxylation is 1. The third-order valence-electron chi connectivity index (χ3n) is 4.31. The molecule has 3 aromatic rings. The fourth-order valence-corrected chi connectivity index (χ4v) is 3.39. The Morgan fingerprint density at radius 1 is 0.788 bits per heavy atom. The summed E-state index contributed by atoms with van der Waals surface area (Å²) >= 11 is 35.2. The van der Waals surface area contributed by atoms with Gasteiger partial charge in [-0.3, -0.25) is 0 Å². The second kappa shape index (κ2) is 12.3. The summed E-state index contributed by atoms with van der Waals surface area (Å²) in [7, 11) is 0. The van der Waals surface area contributed by atoms with E-state index in [1.807, 2.05) is 36.4 Å². The molecule has 174 valence electrons. The van der Waals surface area contributed by atoms with Crippen molar-refractivity contribution in [2.45, 2.75) is 21.1 Å². The quantitative estimate of drug-likeness (QED) is 0.176. The number of rotatable bonds is 5. The number of hydrogen-bond donors (Lipinski definition) is 0. The Labute approximate surface area is 239 Å². The Hall–Kier alpha value is -0.670. The maximum atomic E-state index is 5.87. The van der Waals surface area contributed by atoms with Crippen molar-refractivity contribution in [1.29, 1.82) is 0 Å². The number of halogens is 7. The molecule has 0 saturated heterocycles. The third kappa shape index (κ3) is 7.92. The maximum Gasteiger partial charge on any atom is 0.250 e. The predicted molar refractivity (Wildman–Crippen MR) is 135 cm³/mol. The van der Waals surface area contributed by atoms with Gasteiger partial charge in [-0.1, -0.05) is 112 Å². The number of allylic oxidation sites excluding steroid dienone is 4. The minimum absolute atomic E-state index is 0. The number of hydrogen-bond acceptors (Lipinski definition) is 3. The molecule has 0 bridgehead atoms. The Balaban J connectivity index is 0.00000385. The van der Waals surface area contributed by atoms with Crippen LogP contribution in [0.4, 0.5) is 0 Å². The molecule has 0 aliphatic carbocycles. The van der Waals surface area contributed by atoms with Crippen LogP contribution in [0.1, 0.15) is 30.0 Å². The second-order valence-corrected chi connectivity index (χ2v) is 11.1. The lowest BCUT2D eigenvalue weighted by molar-refractivity contribution is -0.667. The minimum atomic E-state index is -1.89. The molecule has 11 heteroatoms. The van der Waals surface area contributed by atoms with E-state index >= 15 is 0 Å². The summed E-state index contributed by atoms with van der Waals surface area (Å²) in [6.07, 6.45) is 13.1. The van der Waals surface area contributed by atoms with Crippen molar-refractivity contribution in [2.75, 3.05) is 0 Å². The number of fused-ring (bicyclic) bond motifs is 1. The average Bonchev–Trinajstić information content (AvgIpc) is 2.74. The molecule has 0 atom stereocenters. The summed E-state index contributed by atoms with van der Waals surface area (Å²) in [5.74, 6) is -0.0836. The number of alkyl halides is 6. The van der Waals surface area contributed by atoms with Gasteiger partial charge in [0.15, 0.2) is 23.7 Å². The minimum Gasteiger partial charge on any atom is -1.00 e. The number of nitrogens with zero attached hydrogens (tertiary/aromatic N) is 4. The molecule has 0 spiro atoms. The monoisotopic (exact) mass is 674 g/mol. The van der Waals surface area contributed by atoms with Gasteiger partial charge in [-0.05, 0) is 24.6 Å². The van der Waals surface area contributed by atoms with E-state index in [0.717, 1.165) is 12.1 Å². The number of para-hydroxylation sites is 1. The highest BCUT2D eigenvalue weighted by Gasteiger charge is 2.33. The molecular formula is C22H17Cl6IN4. The molecule has 0 unspecified atom stereocenters. The van der Waals surface area contributed by atoms with Crippen molar-refractivity contribution in [3.8, 4) is 0 Å². The van der Waals surface area contributed by atoms with Gasteiger partial charge in [0.1, 0.15) is 6.54 Å². The van der Waals surface area contributed by atoms with Crippen LogP contribution < -0.4 is 28.5 Å². The second-order valence-electron chi connectivity index (χ2n) is 6.51. The van der Waals surface area contributed by atoms with Crippen LogP contribution in [0.3, 0.4) is 0 Å². The number of aromatic nitrogens is 4. The molecule has 1 aromatic carbocycles. The van der Waals surface area contributed by atoms with Crippen LogP contribution >= 0.6 is 69.6 Å². The average molecular weight is 677 g/mol. The molecule has 4 nitrogen and oxygen atoms in total. The first kappa shape index (κ1) is 28.6. The summed E-state index contributed by atoms with van der Waals surface area (Å²) < 4.78 is -1.57. The lowest BCUT2D eigenvalue weighted by Crippen LogP contribution is -3.00. The van der Waals surface area contributed by atoms with Gasteiger partial charge in [0.25, 0.3) is 0 Å². The number of pyridine rings is 1. The molecule has 33 heavy (non-hydrogen) atoms. The van der Waals surface area contributed by atoms with E-state index in [9.17, 15) is 0 Å². The maximum absolute atomic E-state index is 5.87. The molecule has 0 saturated carbocycles. The zero-order valence-corrected chi connectivity index (χ0v) is 23.8. The summed E-state index contributed by atoms with van der Waals surface area (Å²) in [6, 6.07) is 10.4. The Morgan fingerprint density at radius 2 is 1.36 bits per heavy atom. The van der Waals surface area contributed by atoms with E-state index in [1.165, 1.54) is 10.9 Å². The first-order valence-electron chi connectivity index (χ1n) is 9.42. The van der Waals surface area contributed by atoms with Crippen LogP contribution in [0, 0.1) is 0 Å². The Bertz CT molecular complexity index is 1170. The molecule has 0 amide bonds. The van der Waals surface area contributed by atoms with Crippen LogP contribution in [0.25, 0.3) is 23.1 Å². The van der Waals surface area contributed by atoms with Crippen molar-refractivity contribution in [3.63, 3.8) is 0 Å². The summed E-state index contributed by atoms with van der Waals surface area (Å²) in [6.45, 7) is 3.03. The lowest BCUT2D eigenvalue weighted by Gasteiger charge is -2.14. The molecule has 0 radical (unpaired) electrons. The molecule has 2 aromatic heterocycles. The predicted octanol–water partition coefficient (Wildman–Crippen LogP) is 4.27. The van der Waals surface area contributed by atoms with E-state index in [2.05, 4.69) is 50.8 Å². The highest BCUT2D eigenvalue weighted by Crippen LogP contribution is 2.39. The third-order valence-corrected chi connectivity index (χ3v) is 5.33. The normalized spacial score (nSPS) is 12.8. The molecular weight excluding hydrogens is 660 g/mol. The van der Waals surface area contributed by atoms with Gasteiger partial charge in [-0.25, -0.2) is 15.0 Å². The van der Waals surface area contributed by atoms with E-state index < -0.39 is 7.59 Å². The molecule has 2 heterocycles. The van der Waals surface area contributed by atoms with Gasteiger partial charge < -0.3 is 24.0 Å². The summed E-state index contributed by atoms with van der Waals surface area (Å²) in [5.41, 5.74) is 2.31. The smallest absolute Gasteiger partial charge is 0.250 e. The van der Waals surface area contributed by atoms with Crippen molar-refractivity contribution in [1.82, 2.24) is 15.0 Å². The highest BCUT2D eigenvalue weighted by molar-refractivity contribution is 6.67. The van der Waals surface area contributed by atoms with Gasteiger partial charge in [-0.15, -0.1) is 0 Å². The van der Waals surface area contributed by atoms with Crippen molar-refractivity contribution in [2.24, 2.45) is 0 Å². The van der Waals surface area contributed by atoms with Gasteiger partial charge in [-0.2, -0.15) is 4.57 Å². The molecule has 0 N–H and O–H groups in total. The van der Waals surface area contributed by atoms with Gasteiger partial charge in [0.05, 0.1) is 5.39 Å². The zero-order chi connectivity index (χ0) is 23.4. The molecule has 3 rings (SSSR count). The van der Waals surface area contributed by atoms with Gasteiger partial charge >= 0.3 is 0 Å².